The van der Waals surface area contributed by atoms with Crippen molar-refractivity contribution in [1.82, 2.24) is 5.32 Å². The Morgan fingerprint density at radius 2 is 1.95 bits per heavy atom. The van der Waals surface area contributed by atoms with Gasteiger partial charge in [0, 0.05) is 11.8 Å². The summed E-state index contributed by atoms with van der Waals surface area (Å²) in [6.07, 6.45) is 1.09. The zero-order valence-electron chi connectivity index (χ0n) is 10.9. The Kier molecular flexibility index (Phi) is 4.32. The molecule has 0 aliphatic carbocycles. The lowest BCUT2D eigenvalue weighted by atomic mass is 10.1. The number of carbonyl (C=O) groups excluding carboxylic acids is 1. The number of rotatable bonds is 4. The average Bonchev–Trinajstić information content (AvgIpc) is 2.27. The van der Waals surface area contributed by atoms with Crippen molar-refractivity contribution in [2.24, 2.45) is 5.73 Å². The molecule has 0 bridgehead atoms. The molecule has 0 aliphatic rings. The molecule has 0 fully saturated rings. The van der Waals surface area contributed by atoms with Crippen LogP contribution in [0.3, 0.4) is 0 Å². The third-order valence-electron chi connectivity index (χ3n) is 2.57. The standard InChI is InChI=1S/C12H16N2O3S2/c1-12(2,11(13)18)14-10(15)8-5-4-6-9(7-8)19(3,16)17/h4-7H,1-3H3,(H2,13,18)(H,14,15). The summed E-state index contributed by atoms with van der Waals surface area (Å²) < 4.78 is 22.9. The molecule has 0 saturated carbocycles. The van der Waals surface area contributed by atoms with Crippen molar-refractivity contribution in [1.29, 1.82) is 0 Å². The average molecular weight is 300 g/mol. The van der Waals surface area contributed by atoms with Gasteiger partial charge in [-0.3, -0.25) is 4.79 Å². The van der Waals surface area contributed by atoms with Gasteiger partial charge in [0.1, 0.15) is 0 Å². The minimum absolute atomic E-state index is 0.0910. The van der Waals surface area contributed by atoms with E-state index in [1.54, 1.807) is 13.8 Å². The van der Waals surface area contributed by atoms with E-state index in [0.29, 0.717) is 0 Å². The molecule has 0 aromatic heterocycles. The molecule has 0 atom stereocenters. The van der Waals surface area contributed by atoms with E-state index in [-0.39, 0.29) is 15.4 Å². The number of carbonyl (C=O) groups is 1. The van der Waals surface area contributed by atoms with Crippen LogP contribution in [0.15, 0.2) is 29.2 Å². The Morgan fingerprint density at radius 3 is 2.42 bits per heavy atom. The lowest BCUT2D eigenvalue weighted by molar-refractivity contribution is 0.0932. The summed E-state index contributed by atoms with van der Waals surface area (Å²) in [7, 11) is -3.35. The van der Waals surface area contributed by atoms with E-state index < -0.39 is 21.3 Å². The van der Waals surface area contributed by atoms with Crippen LogP contribution in [0.4, 0.5) is 0 Å². The molecule has 3 N–H and O–H groups in total. The quantitative estimate of drug-likeness (QED) is 0.806. The summed E-state index contributed by atoms with van der Waals surface area (Å²) in [5.41, 5.74) is 4.92. The van der Waals surface area contributed by atoms with Crippen molar-refractivity contribution in [2.45, 2.75) is 24.3 Å². The van der Waals surface area contributed by atoms with Gasteiger partial charge in [0.2, 0.25) is 0 Å². The monoisotopic (exact) mass is 300 g/mol. The van der Waals surface area contributed by atoms with Gasteiger partial charge >= 0.3 is 0 Å². The highest BCUT2D eigenvalue weighted by Crippen LogP contribution is 2.12. The van der Waals surface area contributed by atoms with E-state index in [2.05, 4.69) is 5.32 Å². The number of thiocarbonyl (C=S) groups is 1. The minimum Gasteiger partial charge on any atom is -0.391 e. The molecule has 19 heavy (non-hydrogen) atoms. The first-order valence-electron chi connectivity index (χ1n) is 5.46. The topological polar surface area (TPSA) is 89.3 Å². The molecular formula is C12H16N2O3S2. The van der Waals surface area contributed by atoms with Crippen LogP contribution in [0, 0.1) is 0 Å². The van der Waals surface area contributed by atoms with Gasteiger partial charge in [-0.15, -0.1) is 0 Å². The van der Waals surface area contributed by atoms with Crippen LogP contribution < -0.4 is 11.1 Å². The number of hydrogen-bond acceptors (Lipinski definition) is 4. The van der Waals surface area contributed by atoms with Gasteiger partial charge in [0.05, 0.1) is 15.4 Å². The first-order chi connectivity index (χ1) is 8.54. The van der Waals surface area contributed by atoms with Crippen molar-refractivity contribution in [3.63, 3.8) is 0 Å². The Hall–Kier alpha value is -1.47. The number of nitrogens with one attached hydrogen (secondary N) is 1. The van der Waals surface area contributed by atoms with Gasteiger partial charge in [0.15, 0.2) is 9.84 Å². The predicted molar refractivity (Wildman–Crippen MR) is 77.9 cm³/mol. The summed E-state index contributed by atoms with van der Waals surface area (Å²) in [6.45, 7) is 3.35. The Morgan fingerprint density at radius 1 is 1.37 bits per heavy atom. The third-order valence-corrected chi connectivity index (χ3v) is 4.19. The highest BCUT2D eigenvalue weighted by Gasteiger charge is 2.24. The Bertz CT molecular complexity index is 622. The van der Waals surface area contributed by atoms with Crippen LogP contribution in [0.1, 0.15) is 24.2 Å². The maximum absolute atomic E-state index is 12.0. The fraction of sp³-hybridized carbons (Fsp3) is 0.333. The van der Waals surface area contributed by atoms with Gasteiger partial charge < -0.3 is 11.1 Å². The summed E-state index contributed by atoms with van der Waals surface area (Å²) in [5, 5.41) is 2.65. The molecule has 1 rings (SSSR count). The summed E-state index contributed by atoms with van der Waals surface area (Å²) >= 11 is 4.85. The van der Waals surface area contributed by atoms with Gasteiger partial charge in [0.25, 0.3) is 5.91 Å². The molecule has 1 aromatic carbocycles. The van der Waals surface area contributed by atoms with Gasteiger partial charge in [-0.1, -0.05) is 18.3 Å². The second-order valence-electron chi connectivity index (χ2n) is 4.74. The van der Waals surface area contributed by atoms with E-state index in [1.165, 1.54) is 24.3 Å². The summed E-state index contributed by atoms with van der Waals surface area (Å²) in [4.78, 5) is 12.3. The fourth-order valence-corrected chi connectivity index (χ4v) is 2.00. The van der Waals surface area contributed by atoms with Crippen molar-refractivity contribution >= 4 is 33.0 Å². The smallest absolute Gasteiger partial charge is 0.252 e. The molecule has 1 aromatic rings. The predicted octanol–water partition coefficient (Wildman–Crippen LogP) is 0.885. The molecular weight excluding hydrogens is 284 g/mol. The molecule has 1 amide bonds. The highest BCUT2D eigenvalue weighted by atomic mass is 32.2. The molecule has 0 aliphatic heterocycles. The number of benzene rings is 1. The largest absolute Gasteiger partial charge is 0.391 e. The molecule has 0 radical (unpaired) electrons. The zero-order chi connectivity index (χ0) is 14.8. The maximum Gasteiger partial charge on any atom is 0.252 e. The Balaban J connectivity index is 3.06. The van der Waals surface area contributed by atoms with Crippen LogP contribution in [-0.4, -0.2) is 31.1 Å². The van der Waals surface area contributed by atoms with Crippen LogP contribution in [-0.2, 0) is 9.84 Å². The number of hydrogen-bond donors (Lipinski definition) is 2. The van der Waals surface area contributed by atoms with Crippen molar-refractivity contribution in [3.05, 3.63) is 29.8 Å². The second kappa shape index (κ2) is 5.26. The van der Waals surface area contributed by atoms with Gasteiger partial charge in [-0.2, -0.15) is 0 Å². The molecule has 0 heterocycles. The Labute approximate surface area is 118 Å². The van der Waals surface area contributed by atoms with Crippen LogP contribution in [0.2, 0.25) is 0 Å². The summed E-state index contributed by atoms with van der Waals surface area (Å²) in [6, 6.07) is 5.80. The zero-order valence-corrected chi connectivity index (χ0v) is 12.6. The van der Waals surface area contributed by atoms with Gasteiger partial charge in [-0.05, 0) is 32.0 Å². The van der Waals surface area contributed by atoms with E-state index >= 15 is 0 Å². The first-order valence-corrected chi connectivity index (χ1v) is 7.76. The first kappa shape index (κ1) is 15.6. The molecule has 5 nitrogen and oxygen atoms in total. The number of amides is 1. The number of nitrogens with two attached hydrogens (primary N) is 1. The van der Waals surface area contributed by atoms with Crippen molar-refractivity contribution in [3.8, 4) is 0 Å². The fourth-order valence-electron chi connectivity index (χ4n) is 1.29. The highest BCUT2D eigenvalue weighted by molar-refractivity contribution is 7.90. The van der Waals surface area contributed by atoms with Crippen LogP contribution in [0.25, 0.3) is 0 Å². The molecule has 0 spiro atoms. The van der Waals surface area contributed by atoms with Gasteiger partial charge in [-0.25, -0.2) is 8.42 Å². The van der Waals surface area contributed by atoms with Crippen LogP contribution >= 0.6 is 12.2 Å². The normalized spacial score (nSPS) is 11.9. The molecule has 0 saturated heterocycles. The molecule has 0 unspecified atom stereocenters. The summed E-state index contributed by atoms with van der Waals surface area (Å²) in [5.74, 6) is -0.428. The van der Waals surface area contributed by atoms with Crippen molar-refractivity contribution < 1.29 is 13.2 Å². The van der Waals surface area contributed by atoms with E-state index in [4.69, 9.17) is 18.0 Å². The second-order valence-corrected chi connectivity index (χ2v) is 7.20. The van der Waals surface area contributed by atoms with E-state index in [0.717, 1.165) is 6.26 Å². The van der Waals surface area contributed by atoms with Crippen LogP contribution in [0.5, 0.6) is 0 Å². The van der Waals surface area contributed by atoms with Crippen molar-refractivity contribution in [2.75, 3.05) is 6.26 Å². The molecule has 104 valence electrons. The van der Waals surface area contributed by atoms with E-state index in [9.17, 15) is 13.2 Å². The van der Waals surface area contributed by atoms with E-state index in [1.807, 2.05) is 0 Å². The lowest BCUT2D eigenvalue weighted by Gasteiger charge is -2.24. The lowest BCUT2D eigenvalue weighted by Crippen LogP contribution is -2.52. The third kappa shape index (κ3) is 4.00. The molecule has 7 heteroatoms. The number of sulfone groups is 1. The SMILES string of the molecule is CC(C)(NC(=O)c1cccc(S(C)(=O)=O)c1)C(N)=S. The maximum atomic E-state index is 12.0. The minimum atomic E-state index is -3.35.